The maximum atomic E-state index is 13.0. The molecule has 134 valence electrons. The number of aromatic nitrogens is 4. The van der Waals surface area contributed by atoms with Gasteiger partial charge in [-0.05, 0) is 20.8 Å². The molecule has 1 aromatic carbocycles. The van der Waals surface area contributed by atoms with Crippen LogP contribution < -0.4 is 0 Å². The maximum Gasteiger partial charge on any atom is 0.228 e. The highest BCUT2D eigenvalue weighted by Gasteiger charge is 2.30. The molecule has 0 saturated carbocycles. The van der Waals surface area contributed by atoms with Gasteiger partial charge in [-0.15, -0.1) is 21.5 Å². The van der Waals surface area contributed by atoms with E-state index in [1.807, 2.05) is 23.3 Å². The zero-order valence-corrected chi connectivity index (χ0v) is 16.0. The molecule has 1 atom stereocenters. The van der Waals surface area contributed by atoms with Crippen LogP contribution >= 0.6 is 11.3 Å². The minimum absolute atomic E-state index is 0.0596. The van der Waals surface area contributed by atoms with Gasteiger partial charge in [0.15, 0.2) is 5.82 Å². The van der Waals surface area contributed by atoms with Crippen molar-refractivity contribution in [1.29, 1.82) is 0 Å². The smallest absolute Gasteiger partial charge is 0.228 e. The second-order valence-electron chi connectivity index (χ2n) is 6.69. The first-order chi connectivity index (χ1) is 12.5. The molecule has 6 nitrogen and oxygen atoms in total. The number of thiazole rings is 1. The van der Waals surface area contributed by atoms with Crippen molar-refractivity contribution in [2.45, 2.75) is 39.8 Å². The molecule has 3 aromatic rings. The van der Waals surface area contributed by atoms with Gasteiger partial charge < -0.3 is 9.47 Å². The van der Waals surface area contributed by atoms with E-state index in [1.54, 1.807) is 17.7 Å². The molecule has 2 aromatic heterocycles. The van der Waals surface area contributed by atoms with Crippen LogP contribution in [0.25, 0.3) is 11.3 Å². The van der Waals surface area contributed by atoms with Gasteiger partial charge in [0, 0.05) is 23.5 Å². The van der Waals surface area contributed by atoms with Gasteiger partial charge in [0.1, 0.15) is 6.33 Å². The molecule has 0 saturated heterocycles. The summed E-state index contributed by atoms with van der Waals surface area (Å²) < 4.78 is 2.02. The van der Waals surface area contributed by atoms with Crippen molar-refractivity contribution in [2.24, 2.45) is 0 Å². The topological polar surface area (TPSA) is 63.9 Å². The molecular formula is C19H21N5OS. The van der Waals surface area contributed by atoms with Crippen molar-refractivity contribution < 1.29 is 4.79 Å². The number of nitrogens with zero attached hydrogens (tertiary/aromatic N) is 5. The number of rotatable bonds is 3. The summed E-state index contributed by atoms with van der Waals surface area (Å²) in [6.07, 6.45) is 2.10. The summed E-state index contributed by atoms with van der Waals surface area (Å²) in [6, 6.07) is 8.24. The fourth-order valence-electron chi connectivity index (χ4n) is 3.41. The number of benzene rings is 1. The van der Waals surface area contributed by atoms with Gasteiger partial charge >= 0.3 is 0 Å². The van der Waals surface area contributed by atoms with Gasteiger partial charge in [-0.2, -0.15) is 0 Å². The average Bonchev–Trinajstić information content (AvgIpc) is 3.23. The molecule has 1 aliphatic rings. The molecule has 4 rings (SSSR count). The normalized spacial score (nSPS) is 16.6. The molecule has 0 N–H and O–H groups in total. The quantitative estimate of drug-likeness (QED) is 0.713. The number of carbonyl (C=O) groups is 1. The van der Waals surface area contributed by atoms with Crippen molar-refractivity contribution in [3.63, 3.8) is 0 Å². The minimum Gasteiger partial charge on any atom is -0.331 e. The lowest BCUT2D eigenvalue weighted by Crippen LogP contribution is -2.41. The van der Waals surface area contributed by atoms with Crippen LogP contribution in [0.2, 0.25) is 0 Å². The third-order valence-electron chi connectivity index (χ3n) is 4.83. The Bertz CT molecular complexity index is 943. The molecule has 1 amide bonds. The third kappa shape index (κ3) is 3.03. The van der Waals surface area contributed by atoms with Gasteiger partial charge in [-0.1, -0.05) is 29.8 Å². The van der Waals surface area contributed by atoms with E-state index >= 15 is 0 Å². The van der Waals surface area contributed by atoms with E-state index in [0.29, 0.717) is 13.0 Å². The summed E-state index contributed by atoms with van der Waals surface area (Å²) in [7, 11) is 0. The van der Waals surface area contributed by atoms with Crippen molar-refractivity contribution in [1.82, 2.24) is 24.6 Å². The van der Waals surface area contributed by atoms with Crippen molar-refractivity contribution in [3.8, 4) is 11.3 Å². The molecule has 3 heterocycles. The van der Waals surface area contributed by atoms with E-state index in [4.69, 9.17) is 0 Å². The minimum atomic E-state index is -0.0596. The standard InChI is InChI=1S/C19H21N5OS/c1-12-4-6-15(7-5-12)18-16(26-14(3)21-18)10-17(25)24-9-8-23-11-20-22-19(23)13(24)2/h4-7,11,13H,8-10H2,1-3H3. The SMILES string of the molecule is Cc1ccc(-c2nc(C)sc2CC(=O)N2CCn3cnnc3C2C)cc1. The molecule has 0 radical (unpaired) electrons. The van der Waals surface area contributed by atoms with Crippen LogP contribution in [0.15, 0.2) is 30.6 Å². The average molecular weight is 367 g/mol. The van der Waals surface area contributed by atoms with E-state index < -0.39 is 0 Å². The van der Waals surface area contributed by atoms with Gasteiger partial charge in [0.25, 0.3) is 0 Å². The van der Waals surface area contributed by atoms with Crippen molar-refractivity contribution in [3.05, 3.63) is 51.9 Å². The Labute approximate surface area is 156 Å². The van der Waals surface area contributed by atoms with Crippen molar-refractivity contribution in [2.75, 3.05) is 6.54 Å². The highest BCUT2D eigenvalue weighted by molar-refractivity contribution is 7.12. The Balaban J connectivity index is 1.58. The van der Waals surface area contributed by atoms with Crippen LogP contribution in [0.1, 0.15) is 34.2 Å². The predicted octanol–water partition coefficient (Wildman–Crippen LogP) is 3.16. The van der Waals surface area contributed by atoms with Crippen LogP contribution in [-0.2, 0) is 17.8 Å². The van der Waals surface area contributed by atoms with Crippen LogP contribution in [-0.4, -0.2) is 37.1 Å². The lowest BCUT2D eigenvalue weighted by Gasteiger charge is -2.33. The number of aryl methyl sites for hydroxylation is 2. The zero-order chi connectivity index (χ0) is 18.3. The number of amides is 1. The largest absolute Gasteiger partial charge is 0.331 e. The Kier molecular flexibility index (Phi) is 4.32. The maximum absolute atomic E-state index is 13.0. The second-order valence-corrected chi connectivity index (χ2v) is 7.98. The first-order valence-electron chi connectivity index (χ1n) is 8.73. The molecular weight excluding hydrogens is 346 g/mol. The molecule has 26 heavy (non-hydrogen) atoms. The molecule has 1 unspecified atom stereocenters. The fraction of sp³-hybridized carbons (Fsp3) is 0.368. The van der Waals surface area contributed by atoms with Gasteiger partial charge in [0.2, 0.25) is 5.91 Å². The van der Waals surface area contributed by atoms with E-state index in [1.165, 1.54) is 5.56 Å². The first kappa shape index (κ1) is 16.9. The summed E-state index contributed by atoms with van der Waals surface area (Å²) in [5.74, 6) is 0.965. The third-order valence-corrected chi connectivity index (χ3v) is 5.80. The Morgan fingerprint density at radius 1 is 1.23 bits per heavy atom. The lowest BCUT2D eigenvalue weighted by molar-refractivity contribution is -0.133. The van der Waals surface area contributed by atoms with E-state index in [2.05, 4.69) is 46.4 Å². The van der Waals surface area contributed by atoms with Crippen molar-refractivity contribution >= 4 is 17.2 Å². The van der Waals surface area contributed by atoms with Gasteiger partial charge in [-0.25, -0.2) is 4.98 Å². The number of hydrogen-bond acceptors (Lipinski definition) is 5. The highest BCUT2D eigenvalue weighted by Crippen LogP contribution is 2.30. The summed E-state index contributed by atoms with van der Waals surface area (Å²) in [5.41, 5.74) is 3.20. The van der Waals surface area contributed by atoms with Crippen LogP contribution in [0.4, 0.5) is 0 Å². The molecule has 0 fully saturated rings. The Morgan fingerprint density at radius 3 is 2.77 bits per heavy atom. The summed E-state index contributed by atoms with van der Waals surface area (Å²) >= 11 is 1.60. The predicted molar refractivity (Wildman–Crippen MR) is 101 cm³/mol. The number of hydrogen-bond donors (Lipinski definition) is 0. The van der Waals surface area contributed by atoms with Crippen LogP contribution in [0, 0.1) is 13.8 Å². The molecule has 1 aliphatic heterocycles. The molecule has 7 heteroatoms. The zero-order valence-electron chi connectivity index (χ0n) is 15.1. The van der Waals surface area contributed by atoms with Gasteiger partial charge in [-0.3, -0.25) is 4.79 Å². The summed E-state index contributed by atoms with van der Waals surface area (Å²) in [6.45, 7) is 7.49. The molecule has 0 bridgehead atoms. The highest BCUT2D eigenvalue weighted by atomic mass is 32.1. The first-order valence-corrected chi connectivity index (χ1v) is 9.55. The Hall–Kier alpha value is -2.54. The molecule has 0 aliphatic carbocycles. The fourth-order valence-corrected chi connectivity index (χ4v) is 4.36. The second kappa shape index (κ2) is 6.64. The van der Waals surface area contributed by atoms with Crippen LogP contribution in [0.5, 0.6) is 0 Å². The van der Waals surface area contributed by atoms with E-state index in [9.17, 15) is 4.79 Å². The van der Waals surface area contributed by atoms with E-state index in [0.717, 1.165) is 33.5 Å². The monoisotopic (exact) mass is 367 g/mol. The van der Waals surface area contributed by atoms with Crippen LogP contribution in [0.3, 0.4) is 0 Å². The van der Waals surface area contributed by atoms with Gasteiger partial charge in [0.05, 0.1) is 23.2 Å². The number of carbonyl (C=O) groups excluding carboxylic acids is 1. The molecule has 0 spiro atoms. The summed E-state index contributed by atoms with van der Waals surface area (Å²) in [4.78, 5) is 20.6. The lowest BCUT2D eigenvalue weighted by atomic mass is 10.1. The van der Waals surface area contributed by atoms with E-state index in [-0.39, 0.29) is 11.9 Å². The Morgan fingerprint density at radius 2 is 2.00 bits per heavy atom. The number of fused-ring (bicyclic) bond motifs is 1. The summed E-state index contributed by atoms with van der Waals surface area (Å²) in [5, 5.41) is 9.11.